The van der Waals surface area contributed by atoms with Crippen LogP contribution in [0.3, 0.4) is 0 Å². The van der Waals surface area contributed by atoms with E-state index in [-0.39, 0.29) is 12.4 Å². The summed E-state index contributed by atoms with van der Waals surface area (Å²) in [6.45, 7) is 3.10. The highest BCUT2D eigenvalue weighted by molar-refractivity contribution is 5.42. The molecule has 142 valence electrons. The van der Waals surface area contributed by atoms with Gasteiger partial charge in [-0.05, 0) is 29.7 Å². The highest BCUT2D eigenvalue weighted by Crippen LogP contribution is 2.14. The summed E-state index contributed by atoms with van der Waals surface area (Å²) in [4.78, 5) is 0. The van der Waals surface area contributed by atoms with Crippen LogP contribution in [-0.2, 0) is 13.0 Å². The number of halogens is 1. The Labute approximate surface area is 169 Å². The molecule has 0 saturated carbocycles. The Kier molecular flexibility index (Phi) is 7.90. The fourth-order valence-corrected chi connectivity index (χ4v) is 3.23. The van der Waals surface area contributed by atoms with Crippen molar-refractivity contribution in [2.45, 2.75) is 13.0 Å². The van der Waals surface area contributed by atoms with E-state index in [1.807, 2.05) is 6.07 Å². The summed E-state index contributed by atoms with van der Waals surface area (Å²) in [5.41, 5.74) is 5.32. The van der Waals surface area contributed by atoms with Gasteiger partial charge < -0.3 is 22.2 Å². The van der Waals surface area contributed by atoms with Crippen molar-refractivity contribution in [3.63, 3.8) is 0 Å². The number of para-hydroxylation sites is 1. The number of nitrogens with zero attached hydrogens (tertiary/aromatic N) is 1. The minimum absolute atomic E-state index is 0. The number of anilines is 1. The molecule has 0 atom stereocenters. The third kappa shape index (κ3) is 7.09. The summed E-state index contributed by atoms with van der Waals surface area (Å²) in [7, 11) is 4.59. The van der Waals surface area contributed by atoms with Crippen molar-refractivity contribution < 1.29 is 16.9 Å². The fourth-order valence-electron chi connectivity index (χ4n) is 3.23. The molecule has 0 aliphatic carbocycles. The van der Waals surface area contributed by atoms with Crippen LogP contribution in [0.2, 0.25) is 0 Å². The average Bonchev–Trinajstić information content (AvgIpc) is 2.65. The molecule has 3 heteroatoms. The van der Waals surface area contributed by atoms with Crippen molar-refractivity contribution in [2.24, 2.45) is 0 Å². The van der Waals surface area contributed by atoms with E-state index in [1.165, 1.54) is 22.4 Å². The van der Waals surface area contributed by atoms with Gasteiger partial charge in [0.25, 0.3) is 0 Å². The third-order valence-electron chi connectivity index (χ3n) is 4.70. The van der Waals surface area contributed by atoms with E-state index >= 15 is 0 Å². The van der Waals surface area contributed by atoms with Gasteiger partial charge in [-0.15, -0.1) is 0 Å². The third-order valence-corrected chi connectivity index (χ3v) is 4.70. The molecule has 0 fully saturated rings. The molecule has 3 rings (SSSR count). The van der Waals surface area contributed by atoms with Gasteiger partial charge in [-0.1, -0.05) is 72.8 Å². The largest absolute Gasteiger partial charge is 1.00 e. The average molecular weight is 381 g/mol. The zero-order chi connectivity index (χ0) is 18.2. The summed E-state index contributed by atoms with van der Waals surface area (Å²) in [6, 6.07) is 30.2. The molecule has 0 spiro atoms. The van der Waals surface area contributed by atoms with Crippen LogP contribution >= 0.6 is 0 Å². The van der Waals surface area contributed by atoms with E-state index in [2.05, 4.69) is 98.3 Å². The maximum absolute atomic E-state index is 3.51. The van der Waals surface area contributed by atoms with Crippen LogP contribution in [0.15, 0.2) is 84.9 Å². The lowest BCUT2D eigenvalue weighted by atomic mass is 10.0. The number of nitrogens with one attached hydrogen (secondary N) is 1. The van der Waals surface area contributed by atoms with E-state index in [4.69, 9.17) is 0 Å². The minimum Gasteiger partial charge on any atom is -1.00 e. The van der Waals surface area contributed by atoms with E-state index in [9.17, 15) is 0 Å². The number of benzene rings is 3. The number of likely N-dealkylation sites (N-methyl/N-ethyl adjacent to an activating group) is 1. The monoisotopic (exact) mass is 380 g/mol. The summed E-state index contributed by atoms with van der Waals surface area (Å²) in [5.74, 6) is 0. The van der Waals surface area contributed by atoms with E-state index in [1.54, 1.807) is 0 Å². The summed E-state index contributed by atoms with van der Waals surface area (Å²) < 4.78 is 0.970. The Morgan fingerprint density at radius 3 is 1.81 bits per heavy atom. The number of hydrogen-bond acceptors (Lipinski definition) is 1. The zero-order valence-corrected chi connectivity index (χ0v) is 17.0. The summed E-state index contributed by atoms with van der Waals surface area (Å²) >= 11 is 0. The van der Waals surface area contributed by atoms with Crippen LogP contribution in [0, 0.1) is 0 Å². The first-order valence-electron chi connectivity index (χ1n) is 9.33. The van der Waals surface area contributed by atoms with Gasteiger partial charge in [-0.3, -0.25) is 0 Å². The van der Waals surface area contributed by atoms with Crippen LogP contribution < -0.4 is 17.7 Å². The minimum atomic E-state index is 0. The first-order chi connectivity index (χ1) is 12.6. The highest BCUT2D eigenvalue weighted by Gasteiger charge is 2.15. The number of rotatable bonds is 8. The second kappa shape index (κ2) is 10.1. The Bertz CT molecular complexity index is 784. The molecule has 3 aromatic carbocycles. The predicted molar refractivity (Wildman–Crippen MR) is 111 cm³/mol. The standard InChI is InChI=1S/C24H29N2.ClH/c1-26(2,18-17-25-24-11-7-4-8-12-24)20-23-15-13-22(14-16-23)19-21-9-5-3-6-10-21;/h3-16,25H,17-20H2,1-2H3;1H/q+1;/p-1. The molecule has 27 heavy (non-hydrogen) atoms. The smallest absolute Gasteiger partial charge is 0.104 e. The molecule has 0 aliphatic heterocycles. The van der Waals surface area contributed by atoms with Gasteiger partial charge >= 0.3 is 0 Å². The van der Waals surface area contributed by atoms with Crippen molar-refractivity contribution in [3.8, 4) is 0 Å². The van der Waals surface area contributed by atoms with Gasteiger partial charge in [-0.25, -0.2) is 0 Å². The maximum atomic E-state index is 3.51. The maximum Gasteiger partial charge on any atom is 0.104 e. The molecule has 0 radical (unpaired) electrons. The molecule has 0 heterocycles. The zero-order valence-electron chi connectivity index (χ0n) is 16.2. The fraction of sp³-hybridized carbons (Fsp3) is 0.250. The molecule has 0 aromatic heterocycles. The first kappa shape index (κ1) is 21.0. The van der Waals surface area contributed by atoms with Crippen LogP contribution in [0.25, 0.3) is 0 Å². The SMILES string of the molecule is C[N+](C)(CCNc1ccccc1)Cc1ccc(Cc2ccccc2)cc1.[Cl-]. The van der Waals surface area contributed by atoms with E-state index < -0.39 is 0 Å². The first-order valence-corrected chi connectivity index (χ1v) is 9.33. The van der Waals surface area contributed by atoms with Crippen molar-refractivity contribution in [2.75, 3.05) is 32.5 Å². The molecule has 0 saturated heterocycles. The quantitative estimate of drug-likeness (QED) is 0.589. The van der Waals surface area contributed by atoms with Gasteiger partial charge in [0.1, 0.15) is 6.54 Å². The highest BCUT2D eigenvalue weighted by atomic mass is 35.5. The normalized spacial score (nSPS) is 10.9. The molecule has 2 nitrogen and oxygen atoms in total. The Balaban J connectivity index is 0.00000261. The predicted octanol–water partition coefficient (Wildman–Crippen LogP) is 1.97. The molecule has 0 unspecified atom stereocenters. The topological polar surface area (TPSA) is 12.0 Å². The second-order valence-corrected chi connectivity index (χ2v) is 7.59. The van der Waals surface area contributed by atoms with E-state index in [0.29, 0.717) is 0 Å². The van der Waals surface area contributed by atoms with Crippen molar-refractivity contribution in [3.05, 3.63) is 102 Å². The number of hydrogen-bond donors (Lipinski definition) is 1. The van der Waals surface area contributed by atoms with Crippen LogP contribution in [0.5, 0.6) is 0 Å². The van der Waals surface area contributed by atoms with E-state index in [0.717, 1.165) is 30.5 Å². The van der Waals surface area contributed by atoms with Gasteiger partial charge in [0.2, 0.25) is 0 Å². The van der Waals surface area contributed by atoms with Crippen LogP contribution in [0.4, 0.5) is 5.69 Å². The summed E-state index contributed by atoms with van der Waals surface area (Å²) in [6.07, 6.45) is 1.00. The second-order valence-electron chi connectivity index (χ2n) is 7.59. The number of quaternary nitrogens is 1. The Morgan fingerprint density at radius 1 is 0.667 bits per heavy atom. The van der Waals surface area contributed by atoms with Crippen LogP contribution in [0.1, 0.15) is 16.7 Å². The summed E-state index contributed by atoms with van der Waals surface area (Å²) in [5, 5.41) is 3.51. The lowest BCUT2D eigenvalue weighted by Crippen LogP contribution is -3.00. The van der Waals surface area contributed by atoms with Crippen LogP contribution in [-0.4, -0.2) is 31.7 Å². The Hall–Kier alpha value is -2.29. The lowest BCUT2D eigenvalue weighted by molar-refractivity contribution is -0.902. The Morgan fingerprint density at radius 2 is 1.19 bits per heavy atom. The molecule has 3 aromatic rings. The molecular weight excluding hydrogens is 352 g/mol. The lowest BCUT2D eigenvalue weighted by Gasteiger charge is -2.30. The molecule has 0 amide bonds. The molecular formula is C24H29ClN2. The molecule has 0 bridgehead atoms. The van der Waals surface area contributed by atoms with Gasteiger partial charge in [-0.2, -0.15) is 0 Å². The van der Waals surface area contributed by atoms with Crippen molar-refractivity contribution >= 4 is 5.69 Å². The van der Waals surface area contributed by atoms with Gasteiger partial charge in [0.15, 0.2) is 0 Å². The van der Waals surface area contributed by atoms with Gasteiger partial charge in [0.05, 0.1) is 27.2 Å². The van der Waals surface area contributed by atoms with Gasteiger partial charge in [0, 0.05) is 11.3 Å². The molecule has 0 aliphatic rings. The van der Waals surface area contributed by atoms with Crippen molar-refractivity contribution in [1.29, 1.82) is 0 Å². The van der Waals surface area contributed by atoms with Crippen molar-refractivity contribution in [1.82, 2.24) is 0 Å². The molecule has 1 N–H and O–H groups in total.